The summed E-state index contributed by atoms with van der Waals surface area (Å²) >= 11 is 0. The predicted octanol–water partition coefficient (Wildman–Crippen LogP) is 2.40. The van der Waals surface area contributed by atoms with E-state index in [1.165, 1.54) is 5.56 Å². The number of rotatable bonds is 5. The Bertz CT molecular complexity index is 460. The molecule has 1 N–H and O–H groups in total. The van der Waals surface area contributed by atoms with Gasteiger partial charge in [-0.2, -0.15) is 0 Å². The van der Waals surface area contributed by atoms with Crippen molar-refractivity contribution in [1.82, 2.24) is 4.72 Å². The second-order valence-corrected chi connectivity index (χ2v) is 12.6. The molecular weight excluding hydrogens is 250 g/mol. The second kappa shape index (κ2) is 5.33. The van der Waals surface area contributed by atoms with Gasteiger partial charge in [0.05, 0.1) is 4.90 Å². The normalized spacial score (nSPS) is 12.7. The Morgan fingerprint density at radius 3 is 2.06 bits per heavy atom. The molecule has 1 aromatic carbocycles. The first-order valence-corrected chi connectivity index (χ1v) is 11.0. The van der Waals surface area contributed by atoms with Crippen molar-refractivity contribution in [2.24, 2.45) is 0 Å². The van der Waals surface area contributed by atoms with Crippen molar-refractivity contribution in [3.63, 3.8) is 0 Å². The highest BCUT2D eigenvalue weighted by atomic mass is 32.2. The van der Waals surface area contributed by atoms with Gasteiger partial charge in [0.15, 0.2) is 0 Å². The number of hydrogen-bond donors (Lipinski definition) is 1. The van der Waals surface area contributed by atoms with Gasteiger partial charge in [0.2, 0.25) is 10.0 Å². The van der Waals surface area contributed by atoms with Gasteiger partial charge in [0.25, 0.3) is 0 Å². The summed E-state index contributed by atoms with van der Waals surface area (Å²) in [5, 5.41) is 0. The first-order chi connectivity index (χ1) is 7.74. The quantitative estimate of drug-likeness (QED) is 0.836. The topological polar surface area (TPSA) is 46.2 Å². The zero-order valence-corrected chi connectivity index (χ0v) is 12.8. The van der Waals surface area contributed by atoms with Crippen molar-refractivity contribution in [2.75, 3.05) is 6.54 Å². The zero-order valence-electron chi connectivity index (χ0n) is 10.9. The molecule has 17 heavy (non-hydrogen) atoms. The molecule has 0 saturated carbocycles. The van der Waals surface area contributed by atoms with E-state index in [2.05, 4.69) is 24.4 Å². The van der Waals surface area contributed by atoms with Crippen LogP contribution < -0.4 is 4.72 Å². The molecule has 0 saturated heterocycles. The van der Waals surface area contributed by atoms with Gasteiger partial charge in [-0.1, -0.05) is 44.3 Å². The van der Waals surface area contributed by atoms with E-state index >= 15 is 0 Å². The summed E-state index contributed by atoms with van der Waals surface area (Å²) in [6, 6.07) is 8.29. The Morgan fingerprint density at radius 2 is 1.65 bits per heavy atom. The maximum Gasteiger partial charge on any atom is 0.240 e. The number of benzene rings is 1. The lowest BCUT2D eigenvalue weighted by atomic mass is 10.2. The van der Waals surface area contributed by atoms with Crippen LogP contribution in [0.2, 0.25) is 19.6 Å². The van der Waals surface area contributed by atoms with Crippen LogP contribution in [0.15, 0.2) is 29.2 Å². The number of sulfonamides is 1. The van der Waals surface area contributed by atoms with E-state index in [0.29, 0.717) is 11.4 Å². The highest BCUT2D eigenvalue weighted by Gasteiger charge is 2.15. The van der Waals surface area contributed by atoms with Gasteiger partial charge in [-0.05, 0) is 18.2 Å². The molecule has 0 atom stereocenters. The van der Waals surface area contributed by atoms with Crippen LogP contribution in [0.5, 0.6) is 0 Å². The van der Waals surface area contributed by atoms with Crippen LogP contribution in [-0.4, -0.2) is 23.0 Å². The van der Waals surface area contributed by atoms with E-state index in [0.717, 1.165) is 6.04 Å². The van der Waals surface area contributed by atoms with Crippen LogP contribution in [0.1, 0.15) is 12.5 Å². The lowest BCUT2D eigenvalue weighted by molar-refractivity contribution is 0.584. The van der Waals surface area contributed by atoms with E-state index in [4.69, 9.17) is 0 Å². The molecule has 0 fully saturated rings. The lowest BCUT2D eigenvalue weighted by Crippen LogP contribution is -2.24. The third-order valence-electron chi connectivity index (χ3n) is 2.30. The largest absolute Gasteiger partial charge is 0.240 e. The lowest BCUT2D eigenvalue weighted by Gasteiger charge is -2.15. The summed E-state index contributed by atoms with van der Waals surface area (Å²) in [6.45, 7) is 9.10. The van der Waals surface area contributed by atoms with Crippen molar-refractivity contribution < 1.29 is 8.42 Å². The highest BCUT2D eigenvalue weighted by molar-refractivity contribution is 7.89. The van der Waals surface area contributed by atoms with Crippen LogP contribution >= 0.6 is 0 Å². The van der Waals surface area contributed by atoms with Crippen molar-refractivity contribution >= 4 is 18.1 Å². The van der Waals surface area contributed by atoms with Crippen LogP contribution in [0, 0.1) is 0 Å². The fourth-order valence-electron chi connectivity index (χ4n) is 1.67. The van der Waals surface area contributed by atoms with E-state index in [-0.39, 0.29) is 0 Å². The van der Waals surface area contributed by atoms with Gasteiger partial charge < -0.3 is 0 Å². The monoisotopic (exact) mass is 271 g/mol. The van der Waals surface area contributed by atoms with Gasteiger partial charge in [-0.25, -0.2) is 13.1 Å². The van der Waals surface area contributed by atoms with Crippen molar-refractivity contribution in [3.05, 3.63) is 29.8 Å². The number of hydrogen-bond acceptors (Lipinski definition) is 2. The maximum atomic E-state index is 11.7. The molecule has 0 aliphatic carbocycles. The zero-order chi connectivity index (χ0) is 13.1. The van der Waals surface area contributed by atoms with Crippen molar-refractivity contribution in [3.8, 4) is 0 Å². The van der Waals surface area contributed by atoms with Gasteiger partial charge in [0, 0.05) is 14.6 Å². The SMILES string of the molecule is CCNS(=O)(=O)c1ccc(C[Si](C)(C)C)cc1. The van der Waals surface area contributed by atoms with Gasteiger partial charge in [-0.15, -0.1) is 0 Å². The maximum absolute atomic E-state index is 11.7. The molecule has 1 aromatic rings. The molecule has 0 aliphatic rings. The summed E-state index contributed by atoms with van der Waals surface area (Å²) in [5.41, 5.74) is 1.22. The molecule has 0 aliphatic heterocycles. The Balaban J connectivity index is 2.89. The third kappa shape index (κ3) is 4.61. The molecule has 96 valence electrons. The molecule has 0 amide bonds. The van der Waals surface area contributed by atoms with Gasteiger partial charge in [0.1, 0.15) is 0 Å². The Labute approximate surface area is 105 Å². The molecule has 1 rings (SSSR count). The molecule has 0 radical (unpaired) electrons. The average molecular weight is 271 g/mol. The van der Waals surface area contributed by atoms with E-state index < -0.39 is 18.1 Å². The van der Waals surface area contributed by atoms with Crippen LogP contribution in [0.3, 0.4) is 0 Å². The van der Waals surface area contributed by atoms with Crippen LogP contribution in [0.25, 0.3) is 0 Å². The summed E-state index contributed by atoms with van der Waals surface area (Å²) in [5.74, 6) is 0. The minimum atomic E-state index is -3.31. The fraction of sp³-hybridized carbons (Fsp3) is 0.500. The smallest absolute Gasteiger partial charge is 0.211 e. The molecule has 0 heterocycles. The first kappa shape index (κ1) is 14.4. The fourth-order valence-corrected chi connectivity index (χ4v) is 4.17. The van der Waals surface area contributed by atoms with Crippen LogP contribution in [0.4, 0.5) is 0 Å². The molecule has 0 spiro atoms. The second-order valence-electron chi connectivity index (χ2n) is 5.38. The highest BCUT2D eigenvalue weighted by Crippen LogP contribution is 2.15. The minimum Gasteiger partial charge on any atom is -0.211 e. The van der Waals surface area contributed by atoms with E-state index in [9.17, 15) is 8.42 Å². The standard InChI is InChI=1S/C12H21NO2SSi/c1-5-13-16(14,15)12-8-6-11(7-9-12)10-17(2,3)4/h6-9,13H,5,10H2,1-4H3. The molecule has 5 heteroatoms. The molecule has 0 bridgehead atoms. The summed E-state index contributed by atoms with van der Waals surface area (Å²) < 4.78 is 25.9. The minimum absolute atomic E-state index is 0.346. The summed E-state index contributed by atoms with van der Waals surface area (Å²) in [4.78, 5) is 0.346. The Hall–Kier alpha value is -0.653. The molecule has 0 unspecified atom stereocenters. The average Bonchev–Trinajstić information content (AvgIpc) is 2.15. The first-order valence-electron chi connectivity index (χ1n) is 5.83. The molecular formula is C12H21NO2SSi. The van der Waals surface area contributed by atoms with Crippen LogP contribution in [-0.2, 0) is 16.1 Å². The molecule has 3 nitrogen and oxygen atoms in total. The number of nitrogens with one attached hydrogen (secondary N) is 1. The summed E-state index contributed by atoms with van der Waals surface area (Å²) in [6.07, 6.45) is 0. The summed E-state index contributed by atoms with van der Waals surface area (Å²) in [7, 11) is -4.45. The van der Waals surface area contributed by atoms with E-state index in [1.54, 1.807) is 19.1 Å². The Kier molecular flexibility index (Phi) is 4.52. The molecule has 0 aromatic heterocycles. The Morgan fingerprint density at radius 1 is 1.12 bits per heavy atom. The predicted molar refractivity (Wildman–Crippen MR) is 74.4 cm³/mol. The van der Waals surface area contributed by atoms with Crippen molar-refractivity contribution in [1.29, 1.82) is 0 Å². The van der Waals surface area contributed by atoms with Gasteiger partial charge >= 0.3 is 0 Å². The van der Waals surface area contributed by atoms with E-state index in [1.807, 2.05) is 12.1 Å². The van der Waals surface area contributed by atoms with Crippen molar-refractivity contribution in [2.45, 2.75) is 37.5 Å². The third-order valence-corrected chi connectivity index (χ3v) is 5.33. The van der Waals surface area contributed by atoms with Gasteiger partial charge in [-0.3, -0.25) is 0 Å².